The van der Waals surface area contributed by atoms with Gasteiger partial charge in [-0.05, 0) is 54.0 Å². The molecule has 0 heterocycles. The summed E-state index contributed by atoms with van der Waals surface area (Å²) in [6.07, 6.45) is 0. The Bertz CT molecular complexity index is 931. The van der Waals surface area contributed by atoms with E-state index in [0.29, 0.717) is 15.9 Å². The number of benzene rings is 3. The zero-order valence-corrected chi connectivity index (χ0v) is 16.8. The molecule has 0 saturated heterocycles. The third-order valence-corrected chi connectivity index (χ3v) is 4.83. The second-order valence-electron chi connectivity index (χ2n) is 6.15. The average Bonchev–Trinajstić information content (AvgIpc) is 2.68. The first kappa shape index (κ1) is 19.2. The third kappa shape index (κ3) is 4.79. The van der Waals surface area contributed by atoms with Crippen molar-refractivity contribution in [2.75, 3.05) is 12.4 Å². The lowest BCUT2D eigenvalue weighted by molar-refractivity contribution is 0.415. The summed E-state index contributed by atoms with van der Waals surface area (Å²) in [6.45, 7) is 2.10. The van der Waals surface area contributed by atoms with E-state index in [9.17, 15) is 0 Å². The van der Waals surface area contributed by atoms with E-state index in [1.165, 1.54) is 11.1 Å². The van der Waals surface area contributed by atoms with Crippen molar-refractivity contribution < 1.29 is 4.74 Å². The van der Waals surface area contributed by atoms with Crippen LogP contribution in [0.5, 0.6) is 5.75 Å². The van der Waals surface area contributed by atoms with Crippen LogP contribution in [0.4, 0.5) is 5.69 Å². The van der Waals surface area contributed by atoms with Crippen LogP contribution < -0.4 is 15.4 Å². The van der Waals surface area contributed by atoms with Crippen LogP contribution in [0.2, 0.25) is 5.02 Å². The van der Waals surface area contributed by atoms with Crippen LogP contribution in [-0.4, -0.2) is 12.2 Å². The number of methoxy groups -OCH3 is 1. The molecule has 3 aromatic carbocycles. The van der Waals surface area contributed by atoms with Gasteiger partial charge >= 0.3 is 0 Å². The number of anilines is 1. The minimum Gasteiger partial charge on any atom is -0.495 e. The smallest absolute Gasteiger partial charge is 0.171 e. The van der Waals surface area contributed by atoms with Crippen molar-refractivity contribution in [2.45, 2.75) is 13.0 Å². The molecule has 5 heteroatoms. The van der Waals surface area contributed by atoms with Gasteiger partial charge in [0, 0.05) is 5.69 Å². The van der Waals surface area contributed by atoms with E-state index in [-0.39, 0.29) is 6.04 Å². The molecule has 0 amide bonds. The number of rotatable bonds is 5. The van der Waals surface area contributed by atoms with Gasteiger partial charge in [-0.15, -0.1) is 0 Å². The largest absolute Gasteiger partial charge is 0.495 e. The van der Waals surface area contributed by atoms with E-state index in [0.717, 1.165) is 11.3 Å². The van der Waals surface area contributed by atoms with Crippen molar-refractivity contribution in [2.24, 2.45) is 0 Å². The van der Waals surface area contributed by atoms with Crippen LogP contribution in [0, 0.1) is 6.92 Å². The van der Waals surface area contributed by atoms with Crippen LogP contribution in [-0.2, 0) is 0 Å². The SMILES string of the molecule is COc1ccc(NC(=S)NC(c2ccccc2)c2ccccc2C)cc1Cl. The van der Waals surface area contributed by atoms with Crippen LogP contribution in [0.25, 0.3) is 0 Å². The Kier molecular flexibility index (Phi) is 6.32. The zero-order chi connectivity index (χ0) is 19.2. The van der Waals surface area contributed by atoms with Gasteiger partial charge in [-0.25, -0.2) is 0 Å². The molecule has 2 N–H and O–H groups in total. The molecule has 0 aromatic heterocycles. The number of thiocarbonyl (C=S) groups is 1. The first-order valence-corrected chi connectivity index (χ1v) is 9.38. The summed E-state index contributed by atoms with van der Waals surface area (Å²) < 4.78 is 5.19. The summed E-state index contributed by atoms with van der Waals surface area (Å²) in [5, 5.41) is 7.69. The number of ether oxygens (including phenoxy) is 1. The van der Waals surface area contributed by atoms with Gasteiger partial charge < -0.3 is 15.4 Å². The average molecular weight is 397 g/mol. The van der Waals surface area contributed by atoms with Crippen molar-refractivity contribution in [3.63, 3.8) is 0 Å². The first-order valence-electron chi connectivity index (χ1n) is 8.60. The molecule has 0 aliphatic carbocycles. The highest BCUT2D eigenvalue weighted by Gasteiger charge is 2.17. The Morgan fingerprint density at radius 1 is 1.00 bits per heavy atom. The summed E-state index contributed by atoms with van der Waals surface area (Å²) >= 11 is 11.8. The van der Waals surface area contributed by atoms with Gasteiger partial charge in [-0.1, -0.05) is 66.2 Å². The lowest BCUT2D eigenvalue weighted by Gasteiger charge is -2.23. The van der Waals surface area contributed by atoms with E-state index in [4.69, 9.17) is 28.6 Å². The molecule has 0 radical (unpaired) electrons. The molecular formula is C22H21ClN2OS. The zero-order valence-electron chi connectivity index (χ0n) is 15.2. The number of halogens is 1. The van der Waals surface area contributed by atoms with Gasteiger partial charge in [-0.2, -0.15) is 0 Å². The minimum atomic E-state index is -0.0545. The van der Waals surface area contributed by atoms with Crippen molar-refractivity contribution >= 4 is 34.6 Å². The fourth-order valence-electron chi connectivity index (χ4n) is 2.94. The summed E-state index contributed by atoms with van der Waals surface area (Å²) in [7, 11) is 1.59. The van der Waals surface area contributed by atoms with E-state index in [1.807, 2.05) is 42.5 Å². The quantitative estimate of drug-likeness (QED) is 0.539. The van der Waals surface area contributed by atoms with Gasteiger partial charge in [0.25, 0.3) is 0 Å². The Hall–Kier alpha value is -2.56. The molecule has 27 heavy (non-hydrogen) atoms. The maximum Gasteiger partial charge on any atom is 0.171 e. The van der Waals surface area contributed by atoms with Crippen LogP contribution in [0.1, 0.15) is 22.7 Å². The molecule has 1 unspecified atom stereocenters. The molecule has 0 spiro atoms. The molecule has 1 atom stereocenters. The van der Waals surface area contributed by atoms with Crippen LogP contribution in [0.3, 0.4) is 0 Å². The van der Waals surface area contributed by atoms with Gasteiger partial charge in [0.05, 0.1) is 18.2 Å². The second kappa shape index (κ2) is 8.89. The van der Waals surface area contributed by atoms with Crippen LogP contribution in [0.15, 0.2) is 72.8 Å². The monoisotopic (exact) mass is 396 g/mol. The number of hydrogen-bond acceptors (Lipinski definition) is 2. The lowest BCUT2D eigenvalue weighted by atomic mass is 9.95. The fourth-order valence-corrected chi connectivity index (χ4v) is 3.43. The van der Waals surface area contributed by atoms with E-state index >= 15 is 0 Å². The van der Waals surface area contributed by atoms with Crippen molar-refractivity contribution in [3.05, 3.63) is 94.5 Å². The van der Waals surface area contributed by atoms with E-state index in [1.54, 1.807) is 13.2 Å². The molecule has 138 valence electrons. The first-order chi connectivity index (χ1) is 13.1. The third-order valence-electron chi connectivity index (χ3n) is 4.32. The van der Waals surface area contributed by atoms with Crippen molar-refractivity contribution in [1.82, 2.24) is 5.32 Å². The lowest BCUT2D eigenvalue weighted by Crippen LogP contribution is -2.33. The normalized spacial score (nSPS) is 11.5. The fraction of sp³-hybridized carbons (Fsp3) is 0.136. The Morgan fingerprint density at radius 2 is 1.70 bits per heavy atom. The molecule has 3 nitrogen and oxygen atoms in total. The summed E-state index contributed by atoms with van der Waals surface area (Å²) in [6, 6.07) is 24.0. The summed E-state index contributed by atoms with van der Waals surface area (Å²) in [4.78, 5) is 0. The van der Waals surface area contributed by atoms with Gasteiger partial charge in [0.15, 0.2) is 5.11 Å². The number of aryl methyl sites for hydroxylation is 1. The van der Waals surface area contributed by atoms with Crippen molar-refractivity contribution in [1.29, 1.82) is 0 Å². The summed E-state index contributed by atoms with van der Waals surface area (Å²) in [5.74, 6) is 0.628. The molecular weight excluding hydrogens is 376 g/mol. The number of hydrogen-bond donors (Lipinski definition) is 2. The Labute approximate surface area is 170 Å². The molecule has 0 saturated carbocycles. The Morgan fingerprint density at radius 3 is 2.37 bits per heavy atom. The van der Waals surface area contributed by atoms with E-state index < -0.39 is 0 Å². The van der Waals surface area contributed by atoms with Crippen molar-refractivity contribution in [3.8, 4) is 5.75 Å². The standard InChI is InChI=1S/C22H21ClN2OS/c1-15-8-6-7-11-18(15)21(16-9-4-3-5-10-16)25-22(27)24-17-12-13-20(26-2)19(23)14-17/h3-14,21H,1-2H3,(H2,24,25,27). The second-order valence-corrected chi connectivity index (χ2v) is 6.96. The van der Waals surface area contributed by atoms with Gasteiger partial charge in [0.1, 0.15) is 5.75 Å². The molecule has 0 aliphatic heterocycles. The Balaban J connectivity index is 1.83. The highest BCUT2D eigenvalue weighted by Crippen LogP contribution is 2.28. The predicted molar refractivity (Wildman–Crippen MR) is 117 cm³/mol. The molecule has 3 aromatic rings. The maximum absolute atomic E-state index is 6.20. The minimum absolute atomic E-state index is 0.0545. The topological polar surface area (TPSA) is 33.3 Å². The highest BCUT2D eigenvalue weighted by atomic mass is 35.5. The predicted octanol–water partition coefficient (Wildman–Crippen LogP) is 5.73. The molecule has 0 bridgehead atoms. The molecule has 3 rings (SSSR count). The molecule has 0 aliphatic rings. The van der Waals surface area contributed by atoms with Gasteiger partial charge in [-0.3, -0.25) is 0 Å². The van der Waals surface area contributed by atoms with Crippen LogP contribution >= 0.6 is 23.8 Å². The van der Waals surface area contributed by atoms with E-state index in [2.05, 4.69) is 41.8 Å². The maximum atomic E-state index is 6.20. The van der Waals surface area contributed by atoms with Gasteiger partial charge in [0.2, 0.25) is 0 Å². The highest BCUT2D eigenvalue weighted by molar-refractivity contribution is 7.80. The summed E-state index contributed by atoms with van der Waals surface area (Å²) in [5.41, 5.74) is 4.33. The number of nitrogens with one attached hydrogen (secondary N) is 2. The molecule has 0 fully saturated rings.